The molecule has 2 aliphatic rings. The fourth-order valence-corrected chi connectivity index (χ4v) is 2.54. The zero-order valence-electron chi connectivity index (χ0n) is 6.03. The first-order valence-electron chi connectivity index (χ1n) is 4.15. The van der Waals surface area contributed by atoms with Gasteiger partial charge in [-0.25, -0.2) is 0 Å². The zero-order chi connectivity index (χ0) is 7.14. The van der Waals surface area contributed by atoms with Crippen molar-refractivity contribution >= 4 is 0 Å². The van der Waals surface area contributed by atoms with Gasteiger partial charge in [-0.15, -0.1) is 0 Å². The van der Waals surface area contributed by atoms with E-state index in [9.17, 15) is 10.2 Å². The van der Waals surface area contributed by atoms with E-state index in [2.05, 4.69) is 0 Å². The van der Waals surface area contributed by atoms with Gasteiger partial charge in [0.25, 0.3) is 0 Å². The van der Waals surface area contributed by atoms with Crippen LogP contribution in [0.15, 0.2) is 0 Å². The normalized spacial score (nSPS) is 53.4. The molecular formula is C8H14O2. The smallest absolute Gasteiger partial charge is 0.0572 e. The van der Waals surface area contributed by atoms with Crippen LogP contribution >= 0.6 is 0 Å². The molecule has 0 aromatic heterocycles. The first-order chi connectivity index (χ1) is 4.79. The second-order valence-corrected chi connectivity index (χ2v) is 3.62. The monoisotopic (exact) mass is 142 g/mol. The average Bonchev–Trinajstić information content (AvgIpc) is 2.41. The Balaban J connectivity index is 2.09. The van der Waals surface area contributed by atoms with E-state index >= 15 is 0 Å². The fourth-order valence-electron chi connectivity index (χ4n) is 2.54. The Bertz CT molecular complexity index is 119. The third kappa shape index (κ3) is 0.789. The highest BCUT2D eigenvalue weighted by Crippen LogP contribution is 2.43. The third-order valence-corrected chi connectivity index (χ3v) is 3.13. The van der Waals surface area contributed by atoms with Gasteiger partial charge < -0.3 is 10.2 Å². The van der Waals surface area contributed by atoms with Crippen molar-refractivity contribution in [3.63, 3.8) is 0 Å². The summed E-state index contributed by atoms with van der Waals surface area (Å²) in [7, 11) is 0. The molecule has 0 heterocycles. The van der Waals surface area contributed by atoms with Gasteiger partial charge in [0.05, 0.1) is 12.2 Å². The highest BCUT2D eigenvalue weighted by Gasteiger charge is 2.43. The number of aliphatic hydroxyl groups excluding tert-OH is 2. The van der Waals surface area contributed by atoms with E-state index in [0.717, 1.165) is 25.7 Å². The second-order valence-electron chi connectivity index (χ2n) is 3.62. The lowest BCUT2D eigenvalue weighted by Gasteiger charge is -2.13. The van der Waals surface area contributed by atoms with Gasteiger partial charge in [-0.05, 0) is 37.5 Å². The number of fused-ring (bicyclic) bond motifs is 1. The summed E-state index contributed by atoms with van der Waals surface area (Å²) in [5.41, 5.74) is 0. The first kappa shape index (κ1) is 6.62. The maximum atomic E-state index is 9.41. The molecule has 0 bridgehead atoms. The van der Waals surface area contributed by atoms with Crippen molar-refractivity contribution in [1.29, 1.82) is 0 Å². The van der Waals surface area contributed by atoms with Crippen molar-refractivity contribution in [2.24, 2.45) is 11.8 Å². The van der Waals surface area contributed by atoms with Gasteiger partial charge in [0, 0.05) is 0 Å². The van der Waals surface area contributed by atoms with Gasteiger partial charge in [-0.3, -0.25) is 0 Å². The molecule has 0 saturated heterocycles. The van der Waals surface area contributed by atoms with Crippen molar-refractivity contribution in [3.8, 4) is 0 Å². The molecule has 58 valence electrons. The second kappa shape index (κ2) is 2.21. The molecule has 0 aliphatic heterocycles. The summed E-state index contributed by atoms with van der Waals surface area (Å²) >= 11 is 0. The van der Waals surface area contributed by atoms with E-state index in [1.807, 2.05) is 0 Å². The Morgan fingerprint density at radius 1 is 0.700 bits per heavy atom. The first-order valence-corrected chi connectivity index (χ1v) is 4.15. The van der Waals surface area contributed by atoms with E-state index in [-0.39, 0.29) is 12.2 Å². The Labute approximate surface area is 60.9 Å². The lowest BCUT2D eigenvalue weighted by atomic mass is 9.98. The number of rotatable bonds is 0. The Kier molecular flexibility index (Phi) is 1.46. The van der Waals surface area contributed by atoms with Gasteiger partial charge in [0.15, 0.2) is 0 Å². The van der Waals surface area contributed by atoms with Gasteiger partial charge >= 0.3 is 0 Å². The predicted octanol–water partition coefficient (Wildman–Crippen LogP) is 0.528. The van der Waals surface area contributed by atoms with Crippen molar-refractivity contribution in [3.05, 3.63) is 0 Å². The molecule has 0 amide bonds. The maximum absolute atomic E-state index is 9.41. The number of hydrogen-bond donors (Lipinski definition) is 2. The predicted molar refractivity (Wildman–Crippen MR) is 37.5 cm³/mol. The van der Waals surface area contributed by atoms with Gasteiger partial charge in [-0.2, -0.15) is 0 Å². The lowest BCUT2D eigenvalue weighted by Crippen LogP contribution is -2.18. The number of hydrogen-bond acceptors (Lipinski definition) is 2. The van der Waals surface area contributed by atoms with Crippen molar-refractivity contribution in [2.75, 3.05) is 0 Å². The molecule has 10 heavy (non-hydrogen) atoms. The molecule has 0 radical (unpaired) electrons. The maximum Gasteiger partial charge on any atom is 0.0572 e. The molecule has 0 spiro atoms. The Morgan fingerprint density at radius 3 is 1.50 bits per heavy atom. The quantitative estimate of drug-likeness (QED) is 0.518. The molecule has 2 saturated carbocycles. The van der Waals surface area contributed by atoms with Crippen LogP contribution in [0, 0.1) is 11.8 Å². The summed E-state index contributed by atoms with van der Waals surface area (Å²) in [4.78, 5) is 0. The summed E-state index contributed by atoms with van der Waals surface area (Å²) < 4.78 is 0. The molecule has 0 aromatic rings. The minimum absolute atomic E-state index is 0.109. The van der Waals surface area contributed by atoms with Gasteiger partial charge in [0.1, 0.15) is 0 Å². The summed E-state index contributed by atoms with van der Waals surface area (Å²) in [6.45, 7) is 0. The third-order valence-electron chi connectivity index (χ3n) is 3.13. The Morgan fingerprint density at radius 2 is 1.10 bits per heavy atom. The minimum Gasteiger partial charge on any atom is -0.393 e. The van der Waals surface area contributed by atoms with Crippen LogP contribution in [0.3, 0.4) is 0 Å². The van der Waals surface area contributed by atoms with Crippen LogP contribution in [0.2, 0.25) is 0 Å². The van der Waals surface area contributed by atoms with Crippen LogP contribution in [0.5, 0.6) is 0 Å². The van der Waals surface area contributed by atoms with Crippen LogP contribution in [-0.4, -0.2) is 22.4 Å². The van der Waals surface area contributed by atoms with E-state index in [1.54, 1.807) is 0 Å². The molecule has 2 fully saturated rings. The van der Waals surface area contributed by atoms with Crippen LogP contribution < -0.4 is 0 Å². The topological polar surface area (TPSA) is 40.5 Å². The van der Waals surface area contributed by atoms with Gasteiger partial charge in [0.2, 0.25) is 0 Å². The summed E-state index contributed by atoms with van der Waals surface area (Å²) in [6, 6.07) is 0. The van der Waals surface area contributed by atoms with Crippen molar-refractivity contribution < 1.29 is 10.2 Å². The molecule has 2 nitrogen and oxygen atoms in total. The fraction of sp³-hybridized carbons (Fsp3) is 1.00. The van der Waals surface area contributed by atoms with E-state index in [4.69, 9.17) is 0 Å². The number of aliphatic hydroxyl groups is 2. The Hall–Kier alpha value is -0.0800. The standard InChI is InChI=1S/C8H14O2/c9-7-3-1-5-6(7)2-4-8(5)10/h5-10H,1-4H2/t5-,6+,7-,8-/m0/s1. The SMILES string of the molecule is O[C@H]1CC[C@H]2[C@H]1CC[C@@H]2O. The van der Waals surface area contributed by atoms with E-state index in [0.29, 0.717) is 11.8 Å². The zero-order valence-corrected chi connectivity index (χ0v) is 6.03. The van der Waals surface area contributed by atoms with Crippen molar-refractivity contribution in [1.82, 2.24) is 0 Å². The summed E-state index contributed by atoms with van der Waals surface area (Å²) in [6.07, 6.45) is 3.67. The molecule has 0 unspecified atom stereocenters. The van der Waals surface area contributed by atoms with Crippen LogP contribution in [-0.2, 0) is 0 Å². The molecular weight excluding hydrogens is 128 g/mol. The summed E-state index contributed by atoms with van der Waals surface area (Å²) in [5, 5.41) is 18.8. The van der Waals surface area contributed by atoms with Gasteiger partial charge in [-0.1, -0.05) is 0 Å². The molecule has 2 N–H and O–H groups in total. The molecule has 2 aliphatic carbocycles. The molecule has 2 heteroatoms. The van der Waals surface area contributed by atoms with E-state index < -0.39 is 0 Å². The highest BCUT2D eigenvalue weighted by molar-refractivity contribution is 4.93. The highest BCUT2D eigenvalue weighted by atomic mass is 16.3. The molecule has 2 rings (SSSR count). The summed E-state index contributed by atoms with van der Waals surface area (Å²) in [5.74, 6) is 0.852. The van der Waals surface area contributed by atoms with Crippen LogP contribution in [0.1, 0.15) is 25.7 Å². The van der Waals surface area contributed by atoms with Crippen LogP contribution in [0.4, 0.5) is 0 Å². The average molecular weight is 142 g/mol. The lowest BCUT2D eigenvalue weighted by molar-refractivity contribution is 0.0988. The minimum atomic E-state index is -0.109. The largest absolute Gasteiger partial charge is 0.393 e. The van der Waals surface area contributed by atoms with Crippen molar-refractivity contribution in [2.45, 2.75) is 37.9 Å². The van der Waals surface area contributed by atoms with E-state index in [1.165, 1.54) is 0 Å². The molecule has 4 atom stereocenters. The van der Waals surface area contributed by atoms with Crippen LogP contribution in [0.25, 0.3) is 0 Å². The molecule has 0 aromatic carbocycles.